The summed E-state index contributed by atoms with van der Waals surface area (Å²) in [5, 5.41) is 11.3. The first-order valence-corrected chi connectivity index (χ1v) is 5.76. The second-order valence-electron chi connectivity index (χ2n) is 5.02. The van der Waals surface area contributed by atoms with E-state index in [2.05, 4.69) is 10.3 Å². The number of hydrogen-bond acceptors (Lipinski definition) is 3. The first kappa shape index (κ1) is 14.2. The van der Waals surface area contributed by atoms with E-state index in [-0.39, 0.29) is 5.69 Å². The minimum absolute atomic E-state index is 0.216. The molecule has 0 atom stereocenters. The first-order valence-electron chi connectivity index (χ1n) is 5.76. The Morgan fingerprint density at radius 1 is 1.33 bits per heavy atom. The van der Waals surface area contributed by atoms with Crippen molar-refractivity contribution in [3.63, 3.8) is 0 Å². The number of nitrogens with zero attached hydrogens (tertiary/aromatic N) is 1. The van der Waals surface area contributed by atoms with E-state index in [0.29, 0.717) is 5.92 Å². The van der Waals surface area contributed by atoms with Gasteiger partial charge >= 0.3 is 5.97 Å². The number of pyridine rings is 1. The molecule has 1 rings (SSSR count). The van der Waals surface area contributed by atoms with Crippen molar-refractivity contribution in [1.29, 1.82) is 0 Å². The molecular formula is C13H18N2O3. The summed E-state index contributed by atoms with van der Waals surface area (Å²) in [6, 6.07) is 3.42. The van der Waals surface area contributed by atoms with E-state index in [4.69, 9.17) is 5.11 Å². The normalized spacial score (nSPS) is 11.4. The third kappa shape index (κ3) is 3.29. The summed E-state index contributed by atoms with van der Waals surface area (Å²) in [4.78, 5) is 26.7. The summed E-state index contributed by atoms with van der Waals surface area (Å²) in [7, 11) is 0. The van der Waals surface area contributed by atoms with E-state index in [0.717, 1.165) is 5.56 Å². The van der Waals surface area contributed by atoms with Crippen LogP contribution in [0.1, 0.15) is 49.7 Å². The highest BCUT2D eigenvalue weighted by molar-refractivity contribution is 5.96. The van der Waals surface area contributed by atoms with E-state index in [1.807, 2.05) is 19.9 Å². The van der Waals surface area contributed by atoms with Gasteiger partial charge in [0.2, 0.25) is 0 Å². The average molecular weight is 250 g/mol. The summed E-state index contributed by atoms with van der Waals surface area (Å²) < 4.78 is 0. The number of aromatic nitrogens is 1. The minimum atomic E-state index is -1.31. The van der Waals surface area contributed by atoms with Gasteiger partial charge in [0.25, 0.3) is 5.91 Å². The average Bonchev–Trinajstić information content (AvgIpc) is 2.28. The molecule has 98 valence electrons. The highest BCUT2D eigenvalue weighted by Crippen LogP contribution is 2.13. The van der Waals surface area contributed by atoms with Gasteiger partial charge < -0.3 is 10.4 Å². The Balaban J connectivity index is 2.82. The smallest absolute Gasteiger partial charge is 0.328 e. The molecule has 18 heavy (non-hydrogen) atoms. The number of rotatable bonds is 4. The van der Waals surface area contributed by atoms with Crippen LogP contribution in [0.4, 0.5) is 0 Å². The van der Waals surface area contributed by atoms with Crippen molar-refractivity contribution in [2.24, 2.45) is 0 Å². The molecule has 0 radical (unpaired) electrons. The summed E-state index contributed by atoms with van der Waals surface area (Å²) in [6.45, 7) is 6.92. The number of nitrogens with one attached hydrogen (secondary N) is 1. The minimum Gasteiger partial charge on any atom is -0.480 e. The third-order valence-electron chi connectivity index (χ3n) is 2.65. The summed E-state index contributed by atoms with van der Waals surface area (Å²) in [5.41, 5.74) is -0.0621. The van der Waals surface area contributed by atoms with E-state index in [1.165, 1.54) is 13.8 Å². The van der Waals surface area contributed by atoms with Crippen LogP contribution in [0.25, 0.3) is 0 Å². The monoisotopic (exact) mass is 250 g/mol. The largest absolute Gasteiger partial charge is 0.480 e. The molecule has 0 spiro atoms. The van der Waals surface area contributed by atoms with Crippen molar-refractivity contribution in [2.75, 3.05) is 0 Å². The van der Waals surface area contributed by atoms with Gasteiger partial charge in [0.15, 0.2) is 0 Å². The van der Waals surface area contributed by atoms with Crippen LogP contribution < -0.4 is 5.32 Å². The van der Waals surface area contributed by atoms with Crippen LogP contribution in [0.3, 0.4) is 0 Å². The lowest BCUT2D eigenvalue weighted by molar-refractivity contribution is -0.143. The maximum atomic E-state index is 11.8. The zero-order valence-corrected chi connectivity index (χ0v) is 11.0. The first-order chi connectivity index (χ1) is 8.24. The fourth-order valence-electron chi connectivity index (χ4n) is 1.28. The van der Waals surface area contributed by atoms with E-state index < -0.39 is 17.4 Å². The summed E-state index contributed by atoms with van der Waals surface area (Å²) in [5.74, 6) is -1.24. The van der Waals surface area contributed by atoms with Gasteiger partial charge in [0.1, 0.15) is 11.2 Å². The zero-order chi connectivity index (χ0) is 13.9. The van der Waals surface area contributed by atoms with Crippen LogP contribution in [-0.2, 0) is 4.79 Å². The number of amides is 1. The predicted octanol–water partition coefficient (Wildman–Crippen LogP) is 1.80. The quantitative estimate of drug-likeness (QED) is 0.854. The standard InChI is InChI=1S/C13H18N2O3/c1-8(2)9-5-6-10(14-7-9)11(16)15-13(3,4)12(17)18/h5-8H,1-4H3,(H,15,16)(H,17,18). The Kier molecular flexibility index (Phi) is 4.06. The topological polar surface area (TPSA) is 79.3 Å². The van der Waals surface area contributed by atoms with Crippen LogP contribution in [0.5, 0.6) is 0 Å². The molecule has 1 amide bonds. The van der Waals surface area contributed by atoms with E-state index >= 15 is 0 Å². The van der Waals surface area contributed by atoms with Crippen molar-refractivity contribution >= 4 is 11.9 Å². The van der Waals surface area contributed by atoms with E-state index in [1.54, 1.807) is 12.3 Å². The number of carbonyl (C=O) groups excluding carboxylic acids is 1. The Hall–Kier alpha value is -1.91. The van der Waals surface area contributed by atoms with Crippen LogP contribution in [-0.4, -0.2) is 27.5 Å². The zero-order valence-electron chi connectivity index (χ0n) is 11.0. The lowest BCUT2D eigenvalue weighted by atomic mass is 10.0. The van der Waals surface area contributed by atoms with Crippen molar-refractivity contribution < 1.29 is 14.7 Å². The molecule has 0 aromatic carbocycles. The second kappa shape index (κ2) is 5.16. The molecule has 5 nitrogen and oxygen atoms in total. The maximum Gasteiger partial charge on any atom is 0.328 e. The molecule has 0 aliphatic rings. The van der Waals surface area contributed by atoms with Gasteiger partial charge in [-0.05, 0) is 31.4 Å². The molecule has 5 heteroatoms. The fourth-order valence-corrected chi connectivity index (χ4v) is 1.28. The van der Waals surface area contributed by atoms with Crippen LogP contribution in [0, 0.1) is 0 Å². The maximum absolute atomic E-state index is 11.8. The van der Waals surface area contributed by atoms with E-state index in [9.17, 15) is 9.59 Å². The molecule has 2 N–H and O–H groups in total. The Morgan fingerprint density at radius 2 is 1.94 bits per heavy atom. The van der Waals surface area contributed by atoms with Gasteiger partial charge in [-0.2, -0.15) is 0 Å². The number of aliphatic carboxylic acids is 1. The highest BCUT2D eigenvalue weighted by Gasteiger charge is 2.29. The number of hydrogen-bond donors (Lipinski definition) is 2. The molecule has 1 aromatic heterocycles. The summed E-state index contributed by atoms with van der Waals surface area (Å²) >= 11 is 0. The molecule has 0 unspecified atom stereocenters. The third-order valence-corrected chi connectivity index (χ3v) is 2.65. The van der Waals surface area contributed by atoms with Gasteiger partial charge in [-0.15, -0.1) is 0 Å². The Morgan fingerprint density at radius 3 is 2.33 bits per heavy atom. The van der Waals surface area contributed by atoms with Gasteiger partial charge in [-0.1, -0.05) is 19.9 Å². The SMILES string of the molecule is CC(C)c1ccc(C(=O)NC(C)(C)C(=O)O)nc1. The number of carbonyl (C=O) groups is 2. The lowest BCUT2D eigenvalue weighted by Gasteiger charge is -2.20. The van der Waals surface area contributed by atoms with Gasteiger partial charge in [0.05, 0.1) is 0 Å². The molecule has 0 aliphatic carbocycles. The van der Waals surface area contributed by atoms with Gasteiger partial charge in [0, 0.05) is 6.20 Å². The fraction of sp³-hybridized carbons (Fsp3) is 0.462. The van der Waals surface area contributed by atoms with Gasteiger partial charge in [-0.25, -0.2) is 4.79 Å². The molecule has 0 aliphatic heterocycles. The van der Waals surface area contributed by atoms with Gasteiger partial charge in [-0.3, -0.25) is 9.78 Å². The molecule has 0 saturated heterocycles. The second-order valence-corrected chi connectivity index (χ2v) is 5.02. The predicted molar refractivity (Wildman–Crippen MR) is 67.5 cm³/mol. The van der Waals surface area contributed by atoms with Crippen molar-refractivity contribution in [2.45, 2.75) is 39.2 Å². The van der Waals surface area contributed by atoms with Crippen molar-refractivity contribution in [1.82, 2.24) is 10.3 Å². The molecule has 0 saturated carbocycles. The lowest BCUT2D eigenvalue weighted by Crippen LogP contribution is -2.49. The molecule has 0 bridgehead atoms. The highest BCUT2D eigenvalue weighted by atomic mass is 16.4. The number of carboxylic acid groups (broad SMARTS) is 1. The number of carboxylic acids is 1. The molecule has 1 aromatic rings. The van der Waals surface area contributed by atoms with Crippen molar-refractivity contribution in [3.8, 4) is 0 Å². The van der Waals surface area contributed by atoms with Crippen molar-refractivity contribution in [3.05, 3.63) is 29.6 Å². The van der Waals surface area contributed by atoms with Crippen LogP contribution in [0.2, 0.25) is 0 Å². The Bertz CT molecular complexity index is 450. The molecular weight excluding hydrogens is 232 g/mol. The molecule has 1 heterocycles. The van der Waals surface area contributed by atoms with Crippen LogP contribution >= 0.6 is 0 Å². The molecule has 0 fully saturated rings. The summed E-state index contributed by atoms with van der Waals surface area (Å²) in [6.07, 6.45) is 1.63. The Labute approximate surface area is 106 Å². The van der Waals surface area contributed by atoms with Crippen LogP contribution in [0.15, 0.2) is 18.3 Å².